The van der Waals surface area contributed by atoms with Crippen LogP contribution in [0.3, 0.4) is 0 Å². The van der Waals surface area contributed by atoms with Gasteiger partial charge in [0.25, 0.3) is 15.8 Å². The van der Waals surface area contributed by atoms with E-state index >= 15 is 0 Å². The molecule has 33 heavy (non-hydrogen) atoms. The van der Waals surface area contributed by atoms with Crippen molar-refractivity contribution in [2.24, 2.45) is 11.8 Å². The number of nitro groups is 1. The van der Waals surface area contributed by atoms with Gasteiger partial charge in [0.05, 0.1) is 28.4 Å². The van der Waals surface area contributed by atoms with Crippen molar-refractivity contribution in [2.45, 2.75) is 54.7 Å². The van der Waals surface area contributed by atoms with Crippen LogP contribution in [0.25, 0.3) is 0 Å². The molecule has 0 radical (unpaired) electrons. The van der Waals surface area contributed by atoms with E-state index in [9.17, 15) is 33.2 Å². The molecule has 3 aliphatic rings. The monoisotopic (exact) mass is 480 g/mol. The molecule has 2 fully saturated rings. The molecule has 2 N–H and O–H groups in total. The van der Waals surface area contributed by atoms with Gasteiger partial charge in [0.2, 0.25) is 11.4 Å². The Balaban J connectivity index is 1.46. The molecule has 178 valence electrons. The lowest BCUT2D eigenvalue weighted by atomic mass is 9.64. The molecule has 0 spiro atoms. The molecule has 1 aromatic rings. The quantitative estimate of drug-likeness (QED) is 0.183. The standard InChI is InChI=1S/C21H24N2O9S/c1-20-16(11-12-31-33(29,30)15-9-7-14(8-10-15)23(27)28)18(25)22-21(20,19(26)32-20)17(24)13-5-3-2-4-6-13/h3,5,7-10,13,16-17,24H,2,4,6,11-12H2,1H3,(H,22,25). The zero-order chi connectivity index (χ0) is 24.0. The van der Waals surface area contributed by atoms with Crippen molar-refractivity contribution in [1.29, 1.82) is 0 Å². The normalized spacial score (nSPS) is 31.8. The summed E-state index contributed by atoms with van der Waals surface area (Å²) in [5.74, 6) is -2.49. The summed E-state index contributed by atoms with van der Waals surface area (Å²) < 4.78 is 35.2. The number of carbonyl (C=O) groups is 2. The summed E-state index contributed by atoms with van der Waals surface area (Å²) >= 11 is 0. The molecule has 5 unspecified atom stereocenters. The number of fused-ring (bicyclic) bond motifs is 1. The fraction of sp³-hybridized carbons (Fsp3) is 0.524. The molecule has 1 aromatic carbocycles. The average molecular weight is 480 g/mol. The second-order valence-corrected chi connectivity index (χ2v) is 10.2. The van der Waals surface area contributed by atoms with Gasteiger partial charge in [-0.3, -0.25) is 19.1 Å². The predicted molar refractivity (Wildman–Crippen MR) is 112 cm³/mol. The maximum absolute atomic E-state index is 12.8. The highest BCUT2D eigenvalue weighted by atomic mass is 32.2. The third-order valence-electron chi connectivity index (χ3n) is 6.83. The Kier molecular flexibility index (Phi) is 5.79. The topological polar surface area (TPSA) is 162 Å². The molecule has 12 heteroatoms. The van der Waals surface area contributed by atoms with Gasteiger partial charge in [-0.05, 0) is 44.7 Å². The Morgan fingerprint density at radius 2 is 2.03 bits per heavy atom. The number of ether oxygens (including phenoxy) is 1. The van der Waals surface area contributed by atoms with Crippen molar-refractivity contribution in [3.8, 4) is 0 Å². The molecule has 5 atom stereocenters. The van der Waals surface area contributed by atoms with Crippen LogP contribution in [0.1, 0.15) is 32.6 Å². The summed E-state index contributed by atoms with van der Waals surface area (Å²) in [4.78, 5) is 35.1. The molecule has 0 aromatic heterocycles. The van der Waals surface area contributed by atoms with E-state index < -0.39 is 50.1 Å². The molecule has 1 amide bonds. The van der Waals surface area contributed by atoms with Gasteiger partial charge in [0.1, 0.15) is 0 Å². The van der Waals surface area contributed by atoms with Gasteiger partial charge in [0.15, 0.2) is 5.60 Å². The van der Waals surface area contributed by atoms with Gasteiger partial charge in [0, 0.05) is 18.1 Å². The summed E-state index contributed by atoms with van der Waals surface area (Å²) in [5.41, 5.74) is -3.22. The Morgan fingerprint density at radius 1 is 1.33 bits per heavy atom. The van der Waals surface area contributed by atoms with Crippen molar-refractivity contribution in [1.82, 2.24) is 5.32 Å². The lowest BCUT2D eigenvalue weighted by Gasteiger charge is -2.54. The van der Waals surface area contributed by atoms with Crippen LogP contribution in [0.15, 0.2) is 41.3 Å². The minimum Gasteiger partial charge on any atom is -0.453 e. The lowest BCUT2D eigenvalue weighted by molar-refractivity contribution is -0.384. The van der Waals surface area contributed by atoms with Crippen LogP contribution in [0.5, 0.6) is 0 Å². The lowest BCUT2D eigenvalue weighted by Crippen LogP contribution is -2.80. The van der Waals surface area contributed by atoms with Crippen molar-refractivity contribution in [3.05, 3.63) is 46.5 Å². The summed E-state index contributed by atoms with van der Waals surface area (Å²) in [6.45, 7) is 1.16. The minimum absolute atomic E-state index is 0.0865. The maximum Gasteiger partial charge on any atom is 0.339 e. The number of benzene rings is 1. The molecule has 1 aliphatic carbocycles. The number of rotatable bonds is 8. The van der Waals surface area contributed by atoms with Crippen LogP contribution >= 0.6 is 0 Å². The van der Waals surface area contributed by atoms with E-state index in [1.54, 1.807) is 6.92 Å². The first kappa shape index (κ1) is 23.3. The zero-order valence-electron chi connectivity index (χ0n) is 17.8. The highest BCUT2D eigenvalue weighted by Gasteiger charge is 2.79. The summed E-state index contributed by atoms with van der Waals surface area (Å²) in [6, 6.07) is 4.21. The number of nitrogens with one attached hydrogen (secondary N) is 1. The molecule has 2 aliphatic heterocycles. The van der Waals surface area contributed by atoms with Gasteiger partial charge in [-0.1, -0.05) is 12.2 Å². The molecule has 4 rings (SSSR count). The van der Waals surface area contributed by atoms with Gasteiger partial charge < -0.3 is 15.2 Å². The Labute approximate surface area is 190 Å². The Hall–Kier alpha value is -2.83. The number of carbonyl (C=O) groups excluding carboxylic acids is 2. The van der Waals surface area contributed by atoms with Crippen LogP contribution in [0.4, 0.5) is 5.69 Å². The van der Waals surface area contributed by atoms with Crippen molar-refractivity contribution in [2.75, 3.05) is 6.61 Å². The number of non-ortho nitro benzene ring substituents is 1. The van der Waals surface area contributed by atoms with Crippen LogP contribution in [0.2, 0.25) is 0 Å². The van der Waals surface area contributed by atoms with Gasteiger partial charge in [-0.2, -0.15) is 8.42 Å². The van der Waals surface area contributed by atoms with E-state index in [-0.39, 0.29) is 29.5 Å². The molecule has 0 saturated carbocycles. The van der Waals surface area contributed by atoms with Crippen LogP contribution in [-0.2, 0) is 28.6 Å². The van der Waals surface area contributed by atoms with Crippen molar-refractivity contribution >= 4 is 27.7 Å². The Bertz CT molecular complexity index is 1120. The SMILES string of the molecule is CC12OC(=O)C1(C(O)C1C=CCCC1)NC(=O)C2CCOS(=O)(=O)c1ccc([N+](=O)[O-])cc1. The number of aliphatic hydroxyl groups excluding tert-OH is 1. The first-order chi connectivity index (χ1) is 15.5. The molecule has 2 saturated heterocycles. The van der Waals surface area contributed by atoms with Gasteiger partial charge in [-0.25, -0.2) is 4.79 Å². The fourth-order valence-corrected chi connectivity index (χ4v) is 5.88. The first-order valence-electron chi connectivity index (χ1n) is 10.6. The summed E-state index contributed by atoms with van der Waals surface area (Å²) in [7, 11) is -4.22. The highest BCUT2D eigenvalue weighted by Crippen LogP contribution is 2.53. The molecular formula is C21H24N2O9S. The number of hydrogen-bond acceptors (Lipinski definition) is 9. The molecule has 0 bridgehead atoms. The van der Waals surface area contributed by atoms with Gasteiger partial charge in [-0.15, -0.1) is 0 Å². The van der Waals surface area contributed by atoms with E-state index in [4.69, 9.17) is 8.92 Å². The van der Waals surface area contributed by atoms with Crippen LogP contribution < -0.4 is 5.32 Å². The van der Waals surface area contributed by atoms with Crippen LogP contribution in [0, 0.1) is 22.0 Å². The second-order valence-electron chi connectivity index (χ2n) is 8.63. The number of nitrogens with zero attached hydrogens (tertiary/aromatic N) is 1. The zero-order valence-corrected chi connectivity index (χ0v) is 18.6. The second kappa shape index (κ2) is 8.19. The van der Waals surface area contributed by atoms with E-state index in [1.165, 1.54) is 0 Å². The largest absolute Gasteiger partial charge is 0.453 e. The first-order valence-corrected chi connectivity index (χ1v) is 12.0. The van der Waals surface area contributed by atoms with Crippen molar-refractivity contribution in [3.63, 3.8) is 0 Å². The third kappa shape index (κ3) is 3.62. The summed E-state index contributed by atoms with van der Waals surface area (Å²) in [6.07, 6.45) is 4.91. The van der Waals surface area contributed by atoms with E-state index in [2.05, 4.69) is 5.32 Å². The minimum atomic E-state index is -4.22. The van der Waals surface area contributed by atoms with Crippen molar-refractivity contribution < 1.29 is 37.0 Å². The van der Waals surface area contributed by atoms with Crippen LogP contribution in [-0.4, -0.2) is 54.2 Å². The number of nitro benzene ring substituents is 1. The molecular weight excluding hydrogens is 456 g/mol. The summed E-state index contributed by atoms with van der Waals surface area (Å²) in [5, 5.41) is 24.4. The highest BCUT2D eigenvalue weighted by molar-refractivity contribution is 7.86. The molecule has 2 heterocycles. The van der Waals surface area contributed by atoms with E-state index in [0.717, 1.165) is 37.1 Å². The maximum atomic E-state index is 12.8. The van der Waals surface area contributed by atoms with E-state index in [0.29, 0.717) is 6.42 Å². The third-order valence-corrected chi connectivity index (χ3v) is 8.16. The number of aliphatic hydroxyl groups is 1. The van der Waals surface area contributed by atoms with Gasteiger partial charge >= 0.3 is 5.97 Å². The predicted octanol–water partition coefficient (Wildman–Crippen LogP) is 1.21. The number of hydrogen-bond donors (Lipinski definition) is 2. The average Bonchev–Trinajstić information content (AvgIpc) is 2.96. The number of amides is 1. The number of allylic oxidation sites excluding steroid dienone is 1. The Morgan fingerprint density at radius 3 is 2.61 bits per heavy atom. The van der Waals surface area contributed by atoms with E-state index in [1.807, 2.05) is 12.2 Å². The smallest absolute Gasteiger partial charge is 0.339 e. The molecule has 11 nitrogen and oxygen atoms in total. The fourth-order valence-electron chi connectivity index (χ4n) is 4.96. The number of esters is 1.